The molecule has 0 spiro atoms. The van der Waals surface area contributed by atoms with Crippen LogP contribution in [0.2, 0.25) is 21.6 Å². The quantitative estimate of drug-likeness (QED) is 0.629. The summed E-state index contributed by atoms with van der Waals surface area (Å²) >= 11 is 6.24. The van der Waals surface area contributed by atoms with E-state index in [1.807, 2.05) is 0 Å². The first-order valence-electron chi connectivity index (χ1n) is 7.87. The predicted molar refractivity (Wildman–Crippen MR) is 95.9 cm³/mol. The maximum Gasteiger partial charge on any atom is 0.171 e. The van der Waals surface area contributed by atoms with Crippen LogP contribution >= 0.6 is 11.6 Å². The van der Waals surface area contributed by atoms with E-state index in [4.69, 9.17) is 11.6 Å². The highest BCUT2D eigenvalue weighted by Crippen LogP contribution is 2.44. The Morgan fingerprint density at radius 2 is 1.57 bits per heavy atom. The maximum absolute atomic E-state index is 6.24. The van der Waals surface area contributed by atoms with Gasteiger partial charge in [-0.3, -0.25) is 0 Å². The monoisotopic (exact) mass is 322 g/mol. The van der Waals surface area contributed by atoms with Crippen molar-refractivity contribution in [2.75, 3.05) is 0 Å². The van der Waals surface area contributed by atoms with E-state index in [0.29, 0.717) is 16.6 Å². The Labute approximate surface area is 134 Å². The van der Waals surface area contributed by atoms with Gasteiger partial charge in [0.15, 0.2) is 8.24 Å². The van der Waals surface area contributed by atoms with Crippen molar-refractivity contribution in [1.29, 1.82) is 0 Å². The molecule has 0 amide bonds. The predicted octanol–water partition coefficient (Wildman–Crippen LogP) is 6.02. The van der Waals surface area contributed by atoms with E-state index in [9.17, 15) is 0 Å². The summed E-state index contributed by atoms with van der Waals surface area (Å²) in [6.07, 6.45) is 4.06. The van der Waals surface area contributed by atoms with E-state index in [1.54, 1.807) is 6.20 Å². The number of hydrogen-bond donors (Lipinski definition) is 0. The van der Waals surface area contributed by atoms with Gasteiger partial charge in [-0.05, 0) is 41.4 Å². The average Bonchev–Trinajstić information content (AvgIpc) is 2.78. The highest BCUT2D eigenvalue weighted by molar-refractivity contribution is 6.82. The molecule has 0 aliphatic rings. The van der Waals surface area contributed by atoms with Crippen molar-refractivity contribution in [3.8, 4) is 0 Å². The number of nitrogens with zero attached hydrogens (tertiary/aromatic N) is 2. The molecule has 0 aromatic carbocycles. The molecule has 2 nitrogen and oxygen atoms in total. The minimum Gasteiger partial charge on any atom is -0.359 e. The third-order valence-electron chi connectivity index (χ3n) is 5.11. The van der Waals surface area contributed by atoms with Crippen LogP contribution in [0.15, 0.2) is 18.5 Å². The molecule has 0 unspecified atom stereocenters. The van der Waals surface area contributed by atoms with E-state index in [2.05, 4.69) is 69.9 Å². The Kier molecular flexibility index (Phi) is 4.55. The van der Waals surface area contributed by atoms with Crippen LogP contribution in [0.1, 0.15) is 47.1 Å². The summed E-state index contributed by atoms with van der Waals surface area (Å²) in [5.74, 6) is 0. The lowest BCUT2D eigenvalue weighted by atomic mass is 10.2. The first kappa shape index (κ1) is 16.6. The van der Waals surface area contributed by atoms with Crippen LogP contribution in [0, 0.1) is 6.92 Å². The van der Waals surface area contributed by atoms with Crippen molar-refractivity contribution in [2.45, 2.75) is 65.1 Å². The van der Waals surface area contributed by atoms with Crippen LogP contribution in [0.3, 0.4) is 0 Å². The summed E-state index contributed by atoms with van der Waals surface area (Å²) in [4.78, 5) is 4.68. The fourth-order valence-corrected chi connectivity index (χ4v) is 11.0. The number of hydrogen-bond acceptors (Lipinski definition) is 1. The minimum absolute atomic E-state index is 0.658. The van der Waals surface area contributed by atoms with Crippen LogP contribution in [0.25, 0.3) is 11.0 Å². The Morgan fingerprint density at radius 3 is 2.05 bits per heavy atom. The summed E-state index contributed by atoms with van der Waals surface area (Å²) in [6, 6.07) is 2.19. The van der Waals surface area contributed by atoms with Crippen LogP contribution in [-0.2, 0) is 0 Å². The standard InChI is InChI=1S/C17H27ClN2Si/c1-11(2)21(12(3)4,13(5)6)20-9-8-15-14(7)16(18)10-19-17(15)20/h8-13H,1-7H3. The van der Waals surface area contributed by atoms with Crippen molar-refractivity contribution in [1.82, 2.24) is 9.22 Å². The van der Waals surface area contributed by atoms with Gasteiger partial charge in [-0.2, -0.15) is 0 Å². The number of rotatable bonds is 4. The summed E-state index contributed by atoms with van der Waals surface area (Å²) in [6.45, 7) is 16.3. The van der Waals surface area contributed by atoms with Crippen LogP contribution in [0.4, 0.5) is 0 Å². The zero-order chi connectivity index (χ0) is 15.9. The van der Waals surface area contributed by atoms with E-state index in [0.717, 1.165) is 16.2 Å². The summed E-state index contributed by atoms with van der Waals surface area (Å²) in [7, 11) is -1.75. The second-order valence-electron chi connectivity index (χ2n) is 7.01. The first-order valence-corrected chi connectivity index (χ1v) is 10.4. The lowest BCUT2D eigenvalue weighted by Gasteiger charge is -2.44. The van der Waals surface area contributed by atoms with Gasteiger partial charge in [0.25, 0.3) is 0 Å². The molecule has 0 N–H and O–H groups in total. The van der Waals surface area contributed by atoms with Crippen molar-refractivity contribution >= 4 is 30.9 Å². The number of aromatic nitrogens is 2. The van der Waals surface area contributed by atoms with Crippen molar-refractivity contribution < 1.29 is 0 Å². The molecule has 0 saturated carbocycles. The fraction of sp³-hybridized carbons (Fsp3) is 0.588. The van der Waals surface area contributed by atoms with Gasteiger partial charge >= 0.3 is 0 Å². The van der Waals surface area contributed by atoms with Gasteiger partial charge in [0.05, 0.1) is 5.02 Å². The SMILES string of the molecule is Cc1c(Cl)cnc2c1ccn2[Si](C(C)C)(C(C)C)C(C)C. The molecular weight excluding hydrogens is 296 g/mol. The molecule has 0 aliphatic heterocycles. The van der Waals surface area contributed by atoms with E-state index in [-0.39, 0.29) is 0 Å². The van der Waals surface area contributed by atoms with Gasteiger partial charge in [-0.15, -0.1) is 0 Å². The molecule has 0 aliphatic carbocycles. The fourth-order valence-electron chi connectivity index (χ4n) is 4.34. The first-order chi connectivity index (χ1) is 9.74. The lowest BCUT2D eigenvalue weighted by molar-refractivity contribution is 0.770. The number of fused-ring (bicyclic) bond motifs is 1. The molecule has 2 aromatic rings. The molecule has 0 fully saturated rings. The molecule has 21 heavy (non-hydrogen) atoms. The third-order valence-corrected chi connectivity index (χ3v) is 12.2. The molecule has 0 bridgehead atoms. The van der Waals surface area contributed by atoms with E-state index < -0.39 is 8.24 Å². The molecule has 0 saturated heterocycles. The Hall–Kier alpha value is -0.803. The van der Waals surface area contributed by atoms with Gasteiger partial charge in [-0.25, -0.2) is 4.98 Å². The summed E-state index contributed by atoms with van der Waals surface area (Å²) in [5, 5.41) is 1.95. The van der Waals surface area contributed by atoms with Gasteiger partial charge < -0.3 is 4.23 Å². The van der Waals surface area contributed by atoms with E-state index in [1.165, 1.54) is 5.39 Å². The number of pyridine rings is 1. The summed E-state index contributed by atoms with van der Waals surface area (Å²) < 4.78 is 2.53. The van der Waals surface area contributed by atoms with Crippen LogP contribution in [-0.4, -0.2) is 17.5 Å². The average molecular weight is 323 g/mol. The zero-order valence-electron chi connectivity index (χ0n) is 14.2. The Morgan fingerprint density at radius 1 is 1.05 bits per heavy atom. The topological polar surface area (TPSA) is 17.8 Å². The van der Waals surface area contributed by atoms with Gasteiger partial charge in [0, 0.05) is 11.6 Å². The molecule has 2 aromatic heterocycles. The molecular formula is C17H27ClN2Si. The molecule has 116 valence electrons. The normalized spacial score (nSPS) is 13.1. The van der Waals surface area contributed by atoms with Gasteiger partial charge in [0.2, 0.25) is 0 Å². The van der Waals surface area contributed by atoms with Gasteiger partial charge in [-0.1, -0.05) is 53.1 Å². The van der Waals surface area contributed by atoms with E-state index >= 15 is 0 Å². The van der Waals surface area contributed by atoms with Crippen molar-refractivity contribution in [3.05, 3.63) is 29.0 Å². The summed E-state index contributed by atoms with van der Waals surface area (Å²) in [5.41, 5.74) is 4.22. The molecule has 0 atom stereocenters. The molecule has 2 heterocycles. The minimum atomic E-state index is -1.75. The van der Waals surface area contributed by atoms with Crippen molar-refractivity contribution in [3.63, 3.8) is 0 Å². The largest absolute Gasteiger partial charge is 0.359 e. The second kappa shape index (κ2) is 5.77. The molecule has 0 radical (unpaired) electrons. The maximum atomic E-state index is 6.24. The smallest absolute Gasteiger partial charge is 0.171 e. The van der Waals surface area contributed by atoms with Crippen LogP contribution < -0.4 is 0 Å². The van der Waals surface area contributed by atoms with Crippen molar-refractivity contribution in [2.24, 2.45) is 0 Å². The Balaban J connectivity index is 2.81. The highest BCUT2D eigenvalue weighted by Gasteiger charge is 2.46. The number of halogens is 1. The zero-order valence-corrected chi connectivity index (χ0v) is 16.0. The lowest BCUT2D eigenvalue weighted by Crippen LogP contribution is -2.51. The highest BCUT2D eigenvalue weighted by atomic mass is 35.5. The van der Waals surface area contributed by atoms with Crippen LogP contribution in [0.5, 0.6) is 0 Å². The van der Waals surface area contributed by atoms with Gasteiger partial charge in [0.1, 0.15) is 5.65 Å². The molecule has 2 rings (SSSR count). The Bertz CT molecular complexity index is 622. The third kappa shape index (κ3) is 2.35. The molecule has 4 heteroatoms. The number of aryl methyl sites for hydroxylation is 1. The second-order valence-corrected chi connectivity index (χ2v) is 13.1.